The lowest BCUT2D eigenvalue weighted by Gasteiger charge is -2.33. The average molecular weight is 902 g/mol. The summed E-state index contributed by atoms with van der Waals surface area (Å²) in [5.41, 5.74) is 0. The normalized spacial score (nSPS) is 13.5. The van der Waals surface area contributed by atoms with Crippen molar-refractivity contribution < 1.29 is 24.6 Å². The van der Waals surface area contributed by atoms with E-state index in [-0.39, 0.29) is 35.9 Å². The number of carbonyl (C=O) groups is 3. The number of thioether (sulfide) groups is 1. The van der Waals surface area contributed by atoms with Crippen molar-refractivity contribution in [2.45, 2.75) is 301 Å². The standard InChI is InChI=1S/C57H104O5S/c1-4-7-10-13-16-19-22-25-28-31-34-37-40-43-46-49-53(59)57(55(61)52-58,54(60)50-47-44-41-38-35-32-29-26-23-20-17-14-11-8-5-2)63-56(62)51-48-45-42-39-36-33-30-27-24-21-18-15-12-9-6-3/h25-30,55,58,61H,4-24,31-52H2,1-3H3. The Hall–Kier alpha value is -1.50. The van der Waals surface area contributed by atoms with Crippen LogP contribution in [0.25, 0.3) is 0 Å². The number of aliphatic hydroxyl groups excluding tert-OH is 2. The number of Topliss-reactive ketones (excluding diaryl/α,β-unsaturated/α-hetero) is 2. The van der Waals surface area contributed by atoms with Crippen molar-refractivity contribution in [3.8, 4) is 0 Å². The second kappa shape index (κ2) is 48.4. The first kappa shape index (κ1) is 61.5. The molecule has 1 atom stereocenters. The molecule has 0 rings (SSSR count). The summed E-state index contributed by atoms with van der Waals surface area (Å²) in [6, 6.07) is 0. The maximum absolute atomic E-state index is 14.1. The van der Waals surface area contributed by atoms with Gasteiger partial charge in [-0.05, 0) is 96.3 Å². The zero-order chi connectivity index (χ0) is 46.2. The summed E-state index contributed by atoms with van der Waals surface area (Å²) >= 11 is 0.730. The minimum absolute atomic E-state index is 0.140. The van der Waals surface area contributed by atoms with E-state index in [4.69, 9.17) is 0 Å². The Morgan fingerprint density at radius 1 is 0.381 bits per heavy atom. The molecule has 1 unspecified atom stereocenters. The Balaban J connectivity index is 4.95. The van der Waals surface area contributed by atoms with E-state index in [0.717, 1.165) is 108 Å². The summed E-state index contributed by atoms with van der Waals surface area (Å²) in [5, 5.41) is 21.2. The molecule has 6 heteroatoms. The van der Waals surface area contributed by atoms with E-state index in [1.807, 2.05) is 0 Å². The lowest BCUT2D eigenvalue weighted by molar-refractivity contribution is -0.136. The van der Waals surface area contributed by atoms with Crippen molar-refractivity contribution >= 4 is 28.4 Å². The van der Waals surface area contributed by atoms with E-state index in [9.17, 15) is 24.6 Å². The van der Waals surface area contributed by atoms with Gasteiger partial charge in [-0.1, -0.05) is 223 Å². The van der Waals surface area contributed by atoms with E-state index in [1.165, 1.54) is 135 Å². The number of unbranched alkanes of at least 4 members (excludes halogenated alkanes) is 33. The zero-order valence-electron chi connectivity index (χ0n) is 42.0. The molecule has 0 spiro atoms. The molecule has 0 amide bonds. The van der Waals surface area contributed by atoms with Gasteiger partial charge in [0.25, 0.3) is 0 Å². The second-order valence-electron chi connectivity index (χ2n) is 18.8. The molecule has 0 aliphatic carbocycles. The van der Waals surface area contributed by atoms with Gasteiger partial charge >= 0.3 is 0 Å². The van der Waals surface area contributed by atoms with Gasteiger partial charge < -0.3 is 10.2 Å². The monoisotopic (exact) mass is 901 g/mol. The van der Waals surface area contributed by atoms with Crippen LogP contribution < -0.4 is 0 Å². The van der Waals surface area contributed by atoms with E-state index in [1.54, 1.807) is 0 Å². The largest absolute Gasteiger partial charge is 0.394 e. The molecule has 0 aliphatic heterocycles. The summed E-state index contributed by atoms with van der Waals surface area (Å²) in [7, 11) is 0. The highest BCUT2D eigenvalue weighted by molar-refractivity contribution is 8.16. The van der Waals surface area contributed by atoms with Crippen LogP contribution in [0.1, 0.15) is 290 Å². The number of carbonyl (C=O) groups excluding carboxylic acids is 3. The van der Waals surface area contributed by atoms with Gasteiger partial charge in [0.05, 0.1) is 6.61 Å². The molecule has 0 saturated carbocycles. The predicted octanol–water partition coefficient (Wildman–Crippen LogP) is 17.6. The number of aliphatic hydroxyl groups is 2. The molecule has 5 nitrogen and oxygen atoms in total. The van der Waals surface area contributed by atoms with Gasteiger partial charge in [-0.25, -0.2) is 0 Å². The van der Waals surface area contributed by atoms with Gasteiger partial charge in [0.2, 0.25) is 0 Å². The van der Waals surface area contributed by atoms with E-state index < -0.39 is 17.5 Å². The van der Waals surface area contributed by atoms with Crippen LogP contribution in [0.3, 0.4) is 0 Å². The first-order chi connectivity index (χ1) is 30.9. The zero-order valence-corrected chi connectivity index (χ0v) is 42.8. The third kappa shape index (κ3) is 37.3. The molecule has 368 valence electrons. The van der Waals surface area contributed by atoms with Crippen molar-refractivity contribution in [3.63, 3.8) is 0 Å². The van der Waals surface area contributed by atoms with Gasteiger partial charge in [0.1, 0.15) is 6.10 Å². The fraction of sp³-hybridized carbons (Fsp3) is 0.842. The summed E-state index contributed by atoms with van der Waals surface area (Å²) in [4.78, 5) is 41.6. The number of allylic oxidation sites excluding steroid dienone is 6. The maximum Gasteiger partial charge on any atom is 0.190 e. The van der Waals surface area contributed by atoms with Crippen LogP contribution in [-0.4, -0.2) is 44.4 Å². The quantitative estimate of drug-likeness (QED) is 0.0359. The molecule has 0 saturated heterocycles. The highest BCUT2D eigenvalue weighted by atomic mass is 32.2. The molecule has 2 N–H and O–H groups in total. The molecule has 0 bridgehead atoms. The van der Waals surface area contributed by atoms with Gasteiger partial charge in [0, 0.05) is 19.3 Å². The molecule has 63 heavy (non-hydrogen) atoms. The third-order valence-corrected chi connectivity index (χ3v) is 14.2. The Labute approximate surface area is 395 Å². The Morgan fingerprint density at radius 3 is 0.889 bits per heavy atom. The molecule has 0 fully saturated rings. The van der Waals surface area contributed by atoms with Gasteiger partial charge in [0.15, 0.2) is 21.4 Å². The van der Waals surface area contributed by atoms with Crippen LogP contribution >= 0.6 is 11.8 Å². The van der Waals surface area contributed by atoms with Crippen molar-refractivity contribution in [1.82, 2.24) is 0 Å². The van der Waals surface area contributed by atoms with Gasteiger partial charge in [-0.2, -0.15) is 0 Å². The molecular weight excluding hydrogens is 797 g/mol. The number of rotatable bonds is 50. The molecule has 0 radical (unpaired) electrons. The van der Waals surface area contributed by atoms with Crippen LogP contribution in [0.15, 0.2) is 36.5 Å². The molecule has 0 aromatic heterocycles. The lowest BCUT2D eigenvalue weighted by Crippen LogP contribution is -2.55. The second-order valence-corrected chi connectivity index (χ2v) is 20.1. The van der Waals surface area contributed by atoms with Crippen LogP contribution in [0, 0.1) is 0 Å². The highest BCUT2D eigenvalue weighted by Crippen LogP contribution is 2.37. The van der Waals surface area contributed by atoms with Gasteiger partial charge in [-0.3, -0.25) is 14.4 Å². The SMILES string of the molecule is CCCCCCCCC=CCCCCCCCC(=O)SC(C(=O)CCCCCCCC=CCCCCCCCC)(C(=O)CCCCCCCC=CCCCCCCCC)C(O)CO. The minimum Gasteiger partial charge on any atom is -0.394 e. The van der Waals surface area contributed by atoms with Crippen molar-refractivity contribution in [2.75, 3.05) is 6.61 Å². The summed E-state index contributed by atoms with van der Waals surface area (Å²) in [5.74, 6) is -0.773. The molecular formula is C57H104O5S. The Bertz CT molecular complexity index is 1060. The van der Waals surface area contributed by atoms with Gasteiger partial charge in [-0.15, -0.1) is 0 Å². The lowest BCUT2D eigenvalue weighted by atomic mass is 9.86. The summed E-state index contributed by atoms with van der Waals surface area (Å²) in [6.07, 6.45) is 58.0. The number of ketones is 2. The maximum atomic E-state index is 14.1. The Morgan fingerprint density at radius 2 is 0.619 bits per heavy atom. The van der Waals surface area contributed by atoms with Crippen LogP contribution in [0.2, 0.25) is 0 Å². The summed E-state index contributed by atoms with van der Waals surface area (Å²) in [6.45, 7) is 6.05. The van der Waals surface area contributed by atoms with E-state index >= 15 is 0 Å². The number of hydrogen-bond acceptors (Lipinski definition) is 6. The topological polar surface area (TPSA) is 91.7 Å². The molecule has 0 aromatic rings. The molecule has 0 aliphatic rings. The minimum atomic E-state index is -1.92. The fourth-order valence-electron chi connectivity index (χ4n) is 8.49. The molecule has 0 aromatic carbocycles. The summed E-state index contributed by atoms with van der Waals surface area (Å²) < 4.78 is -1.92. The van der Waals surface area contributed by atoms with E-state index in [2.05, 4.69) is 57.2 Å². The molecule has 0 heterocycles. The fourth-order valence-corrected chi connectivity index (χ4v) is 9.74. The smallest absolute Gasteiger partial charge is 0.190 e. The van der Waals surface area contributed by atoms with Crippen molar-refractivity contribution in [3.05, 3.63) is 36.5 Å². The van der Waals surface area contributed by atoms with Crippen molar-refractivity contribution in [2.24, 2.45) is 0 Å². The van der Waals surface area contributed by atoms with Crippen molar-refractivity contribution in [1.29, 1.82) is 0 Å². The highest BCUT2D eigenvalue weighted by Gasteiger charge is 2.52. The third-order valence-electron chi connectivity index (χ3n) is 12.7. The van der Waals surface area contributed by atoms with Crippen LogP contribution in [-0.2, 0) is 14.4 Å². The Kier molecular flexibility index (Phi) is 47.3. The van der Waals surface area contributed by atoms with Crippen LogP contribution in [0.4, 0.5) is 0 Å². The van der Waals surface area contributed by atoms with E-state index in [0.29, 0.717) is 19.3 Å². The first-order valence-corrected chi connectivity index (χ1v) is 28.2. The average Bonchev–Trinajstić information content (AvgIpc) is 3.28. The first-order valence-electron chi connectivity index (χ1n) is 27.4. The number of hydrogen-bond donors (Lipinski definition) is 2. The predicted molar refractivity (Wildman–Crippen MR) is 277 cm³/mol. The van der Waals surface area contributed by atoms with Crippen LogP contribution in [0.5, 0.6) is 0 Å².